The van der Waals surface area contributed by atoms with Crippen LogP contribution in [0.3, 0.4) is 0 Å². The second-order valence-corrected chi connectivity index (χ2v) is 5.70. The summed E-state index contributed by atoms with van der Waals surface area (Å²) in [5.74, 6) is 1.50. The minimum Gasteiger partial charge on any atom is -0.495 e. The van der Waals surface area contributed by atoms with Gasteiger partial charge >= 0.3 is 0 Å². The zero-order valence-electron chi connectivity index (χ0n) is 12.0. The highest BCUT2D eigenvalue weighted by atomic mass is 79.9. The van der Waals surface area contributed by atoms with Crippen LogP contribution in [0.2, 0.25) is 0 Å². The Balaban J connectivity index is 0.00000220. The van der Waals surface area contributed by atoms with E-state index < -0.39 is 0 Å². The topological polar surface area (TPSA) is 73.6 Å². The number of halogens is 2. The molecule has 1 aliphatic rings. The Kier molecular flexibility index (Phi) is 6.77. The smallest absolute Gasteiger partial charge is 0.251 e. The van der Waals surface area contributed by atoms with Gasteiger partial charge in [-0.25, -0.2) is 0 Å². The molecule has 0 radical (unpaired) electrons. The van der Waals surface area contributed by atoms with E-state index in [0.717, 1.165) is 12.8 Å². The molecule has 0 aliphatic heterocycles. The minimum absolute atomic E-state index is 0. The molecule has 1 aliphatic carbocycles. The van der Waals surface area contributed by atoms with Crippen molar-refractivity contribution in [3.05, 3.63) is 22.2 Å². The van der Waals surface area contributed by atoms with Gasteiger partial charge in [-0.1, -0.05) is 0 Å². The molecule has 5 nitrogen and oxygen atoms in total. The van der Waals surface area contributed by atoms with Crippen molar-refractivity contribution >= 4 is 34.2 Å². The van der Waals surface area contributed by atoms with Crippen molar-refractivity contribution in [3.8, 4) is 11.5 Å². The van der Waals surface area contributed by atoms with Crippen molar-refractivity contribution in [2.24, 2.45) is 11.7 Å². The summed E-state index contributed by atoms with van der Waals surface area (Å²) in [4.78, 5) is 12.1. The van der Waals surface area contributed by atoms with Gasteiger partial charge in [-0.05, 0) is 46.8 Å². The molecule has 1 unspecified atom stereocenters. The predicted octanol–water partition coefficient (Wildman–Crippen LogP) is 2.36. The maximum absolute atomic E-state index is 12.1. The van der Waals surface area contributed by atoms with Crippen LogP contribution in [0.15, 0.2) is 16.6 Å². The number of ether oxygens (including phenoxy) is 2. The Hall–Kier alpha value is -0.980. The van der Waals surface area contributed by atoms with E-state index in [1.165, 1.54) is 0 Å². The maximum atomic E-state index is 12.1. The Morgan fingerprint density at radius 2 is 1.90 bits per heavy atom. The molecular formula is C14H20BrClN2O3. The molecule has 0 spiro atoms. The standard InChI is InChI=1S/C14H19BrN2O3.ClH/c1-19-11-5-9(6-12(20-2)13(11)15)14(18)17-7-10(16)8-3-4-8;/h5-6,8,10H,3-4,7,16H2,1-2H3,(H,17,18);1H. The first-order chi connectivity index (χ1) is 9.56. The van der Waals surface area contributed by atoms with Crippen LogP contribution in [0.5, 0.6) is 11.5 Å². The molecule has 7 heteroatoms. The molecule has 118 valence electrons. The van der Waals surface area contributed by atoms with E-state index in [2.05, 4.69) is 21.2 Å². The van der Waals surface area contributed by atoms with Crippen molar-refractivity contribution in [1.29, 1.82) is 0 Å². The zero-order chi connectivity index (χ0) is 14.7. The molecule has 2 rings (SSSR count). The molecule has 1 saturated carbocycles. The number of hydrogen-bond acceptors (Lipinski definition) is 4. The number of nitrogens with two attached hydrogens (primary N) is 1. The van der Waals surface area contributed by atoms with Crippen molar-refractivity contribution in [3.63, 3.8) is 0 Å². The van der Waals surface area contributed by atoms with Gasteiger partial charge in [0.15, 0.2) is 0 Å². The van der Waals surface area contributed by atoms with Crippen molar-refractivity contribution in [1.82, 2.24) is 5.32 Å². The van der Waals surface area contributed by atoms with E-state index in [-0.39, 0.29) is 24.4 Å². The van der Waals surface area contributed by atoms with Crippen molar-refractivity contribution in [2.45, 2.75) is 18.9 Å². The molecule has 3 N–H and O–H groups in total. The number of carbonyl (C=O) groups is 1. The van der Waals surface area contributed by atoms with Gasteiger partial charge < -0.3 is 20.5 Å². The summed E-state index contributed by atoms with van der Waals surface area (Å²) in [6, 6.07) is 3.38. The van der Waals surface area contributed by atoms with E-state index >= 15 is 0 Å². The summed E-state index contributed by atoms with van der Waals surface area (Å²) in [6.07, 6.45) is 2.33. The zero-order valence-corrected chi connectivity index (χ0v) is 14.4. The fourth-order valence-electron chi connectivity index (χ4n) is 2.00. The van der Waals surface area contributed by atoms with Gasteiger partial charge in [-0.15, -0.1) is 12.4 Å². The monoisotopic (exact) mass is 378 g/mol. The summed E-state index contributed by atoms with van der Waals surface area (Å²) >= 11 is 3.37. The molecule has 21 heavy (non-hydrogen) atoms. The number of carbonyl (C=O) groups excluding carboxylic acids is 1. The molecule has 0 saturated heterocycles. The second kappa shape index (κ2) is 7.87. The van der Waals surface area contributed by atoms with Crippen LogP contribution in [0.4, 0.5) is 0 Å². The minimum atomic E-state index is -0.176. The van der Waals surface area contributed by atoms with Gasteiger partial charge in [0.05, 0.1) is 14.2 Å². The van der Waals surface area contributed by atoms with Crippen LogP contribution in [0, 0.1) is 5.92 Å². The average Bonchev–Trinajstić information content (AvgIpc) is 3.29. The van der Waals surface area contributed by atoms with Crippen LogP contribution in [0.25, 0.3) is 0 Å². The third-order valence-electron chi connectivity index (χ3n) is 3.43. The van der Waals surface area contributed by atoms with Crippen LogP contribution in [-0.2, 0) is 0 Å². The number of benzene rings is 1. The summed E-state index contributed by atoms with van der Waals surface area (Å²) in [7, 11) is 3.09. The average molecular weight is 380 g/mol. The Morgan fingerprint density at radius 3 is 2.33 bits per heavy atom. The van der Waals surface area contributed by atoms with Crippen LogP contribution < -0.4 is 20.5 Å². The van der Waals surface area contributed by atoms with Gasteiger partial charge in [0.1, 0.15) is 16.0 Å². The number of amides is 1. The Bertz CT molecular complexity index is 484. The van der Waals surface area contributed by atoms with E-state index in [1.807, 2.05) is 0 Å². The molecule has 1 amide bonds. The van der Waals surface area contributed by atoms with Crippen molar-refractivity contribution < 1.29 is 14.3 Å². The van der Waals surface area contributed by atoms with Crippen LogP contribution >= 0.6 is 28.3 Å². The summed E-state index contributed by atoms with van der Waals surface area (Å²) in [5, 5.41) is 2.85. The third-order valence-corrected chi connectivity index (χ3v) is 4.22. The highest BCUT2D eigenvalue weighted by Gasteiger charge is 2.28. The van der Waals surface area contributed by atoms with E-state index in [0.29, 0.717) is 34.0 Å². The highest BCUT2D eigenvalue weighted by molar-refractivity contribution is 9.10. The first-order valence-corrected chi connectivity index (χ1v) is 7.31. The van der Waals surface area contributed by atoms with Crippen LogP contribution in [-0.4, -0.2) is 32.7 Å². The maximum Gasteiger partial charge on any atom is 0.251 e. The lowest BCUT2D eigenvalue weighted by Crippen LogP contribution is -2.38. The first kappa shape index (κ1) is 18.1. The van der Waals surface area contributed by atoms with Crippen LogP contribution in [0.1, 0.15) is 23.2 Å². The number of methoxy groups -OCH3 is 2. The molecule has 0 bridgehead atoms. The second-order valence-electron chi connectivity index (χ2n) is 4.91. The molecule has 1 aromatic carbocycles. The van der Waals surface area contributed by atoms with E-state index in [4.69, 9.17) is 15.2 Å². The lowest BCUT2D eigenvalue weighted by atomic mass is 10.1. The summed E-state index contributed by atoms with van der Waals surface area (Å²) < 4.78 is 11.1. The van der Waals surface area contributed by atoms with Gasteiger partial charge in [0.25, 0.3) is 5.91 Å². The molecule has 1 fully saturated rings. The molecule has 0 aromatic heterocycles. The number of nitrogens with one attached hydrogen (secondary N) is 1. The molecular weight excluding hydrogens is 360 g/mol. The number of hydrogen-bond donors (Lipinski definition) is 2. The number of rotatable bonds is 6. The van der Waals surface area contributed by atoms with E-state index in [1.54, 1.807) is 26.4 Å². The fourth-order valence-corrected chi connectivity index (χ4v) is 2.56. The molecule has 0 heterocycles. The third kappa shape index (κ3) is 4.49. The Labute approximate surface area is 139 Å². The van der Waals surface area contributed by atoms with Gasteiger partial charge in [-0.3, -0.25) is 4.79 Å². The van der Waals surface area contributed by atoms with Crippen molar-refractivity contribution in [2.75, 3.05) is 20.8 Å². The molecule has 1 aromatic rings. The molecule has 1 atom stereocenters. The predicted molar refractivity (Wildman–Crippen MR) is 87.5 cm³/mol. The van der Waals surface area contributed by atoms with Gasteiger partial charge in [-0.2, -0.15) is 0 Å². The lowest BCUT2D eigenvalue weighted by molar-refractivity contribution is 0.0949. The summed E-state index contributed by atoms with van der Waals surface area (Å²) in [5.41, 5.74) is 6.46. The van der Waals surface area contributed by atoms with E-state index in [9.17, 15) is 4.79 Å². The largest absolute Gasteiger partial charge is 0.495 e. The lowest BCUT2D eigenvalue weighted by Gasteiger charge is -2.14. The normalized spacial score (nSPS) is 14.9. The van der Waals surface area contributed by atoms with Gasteiger partial charge in [0, 0.05) is 18.2 Å². The SMILES string of the molecule is COc1cc(C(=O)NCC(N)C2CC2)cc(OC)c1Br.Cl. The highest BCUT2D eigenvalue weighted by Crippen LogP contribution is 2.35. The summed E-state index contributed by atoms with van der Waals surface area (Å²) in [6.45, 7) is 0.490. The quantitative estimate of drug-likeness (QED) is 0.796. The first-order valence-electron chi connectivity index (χ1n) is 6.52. The fraction of sp³-hybridized carbons (Fsp3) is 0.500. The Morgan fingerprint density at radius 1 is 1.38 bits per heavy atom. The van der Waals surface area contributed by atoms with Gasteiger partial charge in [0.2, 0.25) is 0 Å².